The molecular formula is C29H37F2N3O3. The molecule has 4 aliphatic carbocycles. The molecule has 6 rings (SSSR count). The predicted molar refractivity (Wildman–Crippen MR) is 134 cm³/mol. The summed E-state index contributed by atoms with van der Waals surface area (Å²) in [5.74, 6) is 1.69. The molecule has 2 aromatic rings. The summed E-state index contributed by atoms with van der Waals surface area (Å²) < 4.78 is 29.9. The molecule has 8 atom stereocenters. The Kier molecular flexibility index (Phi) is 5.97. The third-order valence-corrected chi connectivity index (χ3v) is 10.8. The first-order chi connectivity index (χ1) is 17.6. The summed E-state index contributed by atoms with van der Waals surface area (Å²) in [4.78, 5) is 26.5. The van der Waals surface area contributed by atoms with Gasteiger partial charge in [-0.1, -0.05) is 6.92 Å². The van der Waals surface area contributed by atoms with E-state index in [0.29, 0.717) is 29.6 Å². The Bertz CT molecular complexity index is 1270. The van der Waals surface area contributed by atoms with Gasteiger partial charge in [0.2, 0.25) is 0 Å². The number of hydrogen-bond acceptors (Lipinski definition) is 4. The number of aliphatic hydroxyl groups is 1. The molecule has 0 radical (unpaired) electrons. The summed E-state index contributed by atoms with van der Waals surface area (Å²) in [5, 5.41) is 14.6. The first kappa shape index (κ1) is 25.0. The largest absolute Gasteiger partial charge is 0.390 e. The van der Waals surface area contributed by atoms with Crippen molar-refractivity contribution < 1.29 is 18.7 Å². The van der Waals surface area contributed by atoms with Gasteiger partial charge in [0.1, 0.15) is 23.6 Å². The highest BCUT2D eigenvalue weighted by atomic mass is 19.1. The first-order valence-corrected chi connectivity index (χ1v) is 13.9. The van der Waals surface area contributed by atoms with Crippen molar-refractivity contribution >= 4 is 5.78 Å². The van der Waals surface area contributed by atoms with E-state index in [1.165, 1.54) is 23.7 Å². The predicted octanol–water partition coefficient (Wildman–Crippen LogP) is 4.90. The zero-order valence-corrected chi connectivity index (χ0v) is 21.7. The van der Waals surface area contributed by atoms with Gasteiger partial charge in [-0.05, 0) is 112 Å². The van der Waals surface area contributed by atoms with Crippen molar-refractivity contribution in [3.05, 3.63) is 46.6 Å². The summed E-state index contributed by atoms with van der Waals surface area (Å²) in [6, 6.07) is 2.88. The number of nitrogens with zero attached hydrogens (tertiary/aromatic N) is 3. The molecule has 0 spiro atoms. The molecule has 1 N–H and O–H groups in total. The number of Topliss-reactive ketones (excluding diaryl/α,β-unsaturated/α-hetero) is 1. The van der Waals surface area contributed by atoms with Crippen LogP contribution in [0.25, 0.3) is 5.69 Å². The van der Waals surface area contributed by atoms with Gasteiger partial charge in [-0.2, -0.15) is 9.78 Å². The average Bonchev–Trinajstić information content (AvgIpc) is 3.39. The Labute approximate surface area is 216 Å². The van der Waals surface area contributed by atoms with Gasteiger partial charge >= 0.3 is 5.69 Å². The zero-order valence-electron chi connectivity index (χ0n) is 21.7. The van der Waals surface area contributed by atoms with Gasteiger partial charge in [0.05, 0.1) is 12.1 Å². The number of hydrogen-bond donors (Lipinski definition) is 1. The third kappa shape index (κ3) is 4.10. The first-order valence-electron chi connectivity index (χ1n) is 13.9. The van der Waals surface area contributed by atoms with E-state index in [0.717, 1.165) is 67.8 Å². The van der Waals surface area contributed by atoms with Crippen LogP contribution in [0.3, 0.4) is 0 Å². The van der Waals surface area contributed by atoms with E-state index in [4.69, 9.17) is 0 Å². The van der Waals surface area contributed by atoms with Crippen LogP contribution < -0.4 is 5.69 Å². The third-order valence-electron chi connectivity index (χ3n) is 10.8. The van der Waals surface area contributed by atoms with Gasteiger partial charge in [-0.25, -0.2) is 13.6 Å². The van der Waals surface area contributed by atoms with Crippen LogP contribution in [0, 0.1) is 52.6 Å². The van der Waals surface area contributed by atoms with Crippen LogP contribution in [0.15, 0.2) is 29.3 Å². The fourth-order valence-electron chi connectivity index (χ4n) is 9.14. The number of halogens is 2. The molecule has 4 fully saturated rings. The molecule has 6 nitrogen and oxygen atoms in total. The molecular weight excluding hydrogens is 476 g/mol. The normalized spacial score (nSPS) is 39.1. The minimum absolute atomic E-state index is 0.0345. The smallest absolute Gasteiger partial charge is 0.351 e. The number of carbonyl (C=O) groups is 1. The van der Waals surface area contributed by atoms with Gasteiger partial charge in [0.25, 0.3) is 0 Å². The molecule has 200 valence electrons. The number of ketones is 1. The number of rotatable bonds is 4. The van der Waals surface area contributed by atoms with Gasteiger partial charge in [0.15, 0.2) is 5.78 Å². The molecule has 1 aromatic heterocycles. The highest BCUT2D eigenvalue weighted by Crippen LogP contribution is 2.64. The van der Waals surface area contributed by atoms with Crippen LogP contribution in [0.2, 0.25) is 0 Å². The lowest BCUT2D eigenvalue weighted by Gasteiger charge is -2.56. The summed E-state index contributed by atoms with van der Waals surface area (Å²) in [6.45, 7) is 4.18. The zero-order chi connectivity index (χ0) is 26.1. The number of benzene rings is 1. The molecule has 0 aliphatic heterocycles. The van der Waals surface area contributed by atoms with Crippen molar-refractivity contribution in [3.63, 3.8) is 0 Å². The van der Waals surface area contributed by atoms with Crippen molar-refractivity contribution in [2.75, 3.05) is 0 Å². The molecule has 0 saturated heterocycles. The monoisotopic (exact) mass is 513 g/mol. The topological polar surface area (TPSA) is 77.1 Å². The van der Waals surface area contributed by atoms with Crippen LogP contribution in [0.1, 0.15) is 71.6 Å². The van der Waals surface area contributed by atoms with Crippen LogP contribution in [-0.4, -0.2) is 30.8 Å². The maximum absolute atomic E-state index is 14.2. The second-order valence-electron chi connectivity index (χ2n) is 12.9. The Morgan fingerprint density at radius 1 is 1.05 bits per heavy atom. The van der Waals surface area contributed by atoms with Crippen molar-refractivity contribution in [2.24, 2.45) is 40.9 Å². The SMILES string of the molecule is C[C@@]1(O)CC[C@H]2[C@H](CC[C@@H]3[C@@H]2CC[C@]2(C)[C@@H](C(=O)Cn4cnn(-c5cc(F)ccc5F)c4=O)CC[C@@H]32)C1. The van der Waals surface area contributed by atoms with Gasteiger partial charge < -0.3 is 5.11 Å². The van der Waals surface area contributed by atoms with E-state index < -0.39 is 22.9 Å². The summed E-state index contributed by atoms with van der Waals surface area (Å²) >= 11 is 0. The van der Waals surface area contributed by atoms with E-state index in [-0.39, 0.29) is 29.3 Å². The van der Waals surface area contributed by atoms with Crippen LogP contribution in [-0.2, 0) is 11.3 Å². The summed E-state index contributed by atoms with van der Waals surface area (Å²) in [6.07, 6.45) is 10.6. The van der Waals surface area contributed by atoms with Gasteiger partial charge in [-0.15, -0.1) is 0 Å². The van der Waals surface area contributed by atoms with Gasteiger partial charge in [-0.3, -0.25) is 9.36 Å². The van der Waals surface area contributed by atoms with Crippen LogP contribution >= 0.6 is 0 Å². The molecule has 1 aromatic carbocycles. The molecule has 0 amide bonds. The highest BCUT2D eigenvalue weighted by Gasteiger charge is 2.58. The van der Waals surface area contributed by atoms with E-state index in [1.807, 2.05) is 6.92 Å². The minimum atomic E-state index is -0.751. The number of aromatic nitrogens is 3. The van der Waals surface area contributed by atoms with Crippen molar-refractivity contribution in [2.45, 2.75) is 83.8 Å². The lowest BCUT2D eigenvalue weighted by atomic mass is 9.49. The van der Waals surface area contributed by atoms with Crippen molar-refractivity contribution in [1.82, 2.24) is 14.3 Å². The fraction of sp³-hybridized carbons (Fsp3) is 0.690. The lowest BCUT2D eigenvalue weighted by Crippen LogP contribution is -2.51. The Morgan fingerprint density at radius 3 is 2.65 bits per heavy atom. The Balaban J connectivity index is 1.18. The second kappa shape index (κ2) is 8.85. The van der Waals surface area contributed by atoms with Crippen LogP contribution in [0.4, 0.5) is 8.78 Å². The molecule has 4 aliphatic rings. The average molecular weight is 514 g/mol. The standard InChI is InChI=1S/C29H37F2N3O3/c1-28(37)11-9-19-17(14-28)3-5-21-20(19)10-12-29(2)22(21)6-7-23(29)26(35)15-33-16-32-34(27(33)36)25-13-18(30)4-8-24(25)31/h4,8,13,16-17,19-23,37H,3,5-7,9-12,14-15H2,1-2H3/t17-,19+,20-,21-,22+,23-,28-,29+/m1/s1. The van der Waals surface area contributed by atoms with E-state index >= 15 is 0 Å². The maximum atomic E-state index is 14.2. The number of fused-ring (bicyclic) bond motifs is 5. The molecule has 1 heterocycles. The minimum Gasteiger partial charge on any atom is -0.390 e. The van der Waals surface area contributed by atoms with Crippen molar-refractivity contribution in [3.8, 4) is 5.69 Å². The van der Waals surface area contributed by atoms with Gasteiger partial charge in [0, 0.05) is 12.0 Å². The Morgan fingerprint density at radius 2 is 1.84 bits per heavy atom. The fourth-order valence-corrected chi connectivity index (χ4v) is 9.14. The summed E-state index contributed by atoms with van der Waals surface area (Å²) in [7, 11) is 0. The van der Waals surface area contributed by atoms with E-state index in [2.05, 4.69) is 12.0 Å². The molecule has 37 heavy (non-hydrogen) atoms. The quantitative estimate of drug-likeness (QED) is 0.631. The molecule has 8 heteroatoms. The second-order valence-corrected chi connectivity index (χ2v) is 12.9. The Hall–Kier alpha value is -2.35. The highest BCUT2D eigenvalue weighted by molar-refractivity contribution is 5.82. The molecule has 0 bridgehead atoms. The maximum Gasteiger partial charge on any atom is 0.351 e. The summed E-state index contributed by atoms with van der Waals surface area (Å²) in [5.41, 5.74) is -1.50. The molecule has 0 unspecified atom stereocenters. The lowest BCUT2D eigenvalue weighted by molar-refractivity contribution is -0.133. The van der Waals surface area contributed by atoms with E-state index in [1.54, 1.807) is 0 Å². The molecule has 4 saturated carbocycles. The van der Waals surface area contributed by atoms with E-state index in [9.17, 15) is 23.5 Å². The van der Waals surface area contributed by atoms with Crippen molar-refractivity contribution in [1.29, 1.82) is 0 Å². The number of carbonyl (C=O) groups excluding carboxylic acids is 1. The van der Waals surface area contributed by atoms with Crippen LogP contribution in [0.5, 0.6) is 0 Å².